The molecule has 2 fully saturated rings. The number of halogens is 3. The quantitative estimate of drug-likeness (QED) is 0.824. The predicted octanol–water partition coefficient (Wildman–Crippen LogP) is 3.26. The van der Waals surface area contributed by atoms with E-state index in [-0.39, 0.29) is 18.2 Å². The lowest BCUT2D eigenvalue weighted by Gasteiger charge is -2.33. The predicted molar refractivity (Wildman–Crippen MR) is 91.9 cm³/mol. The Bertz CT molecular complexity index is 485. The van der Waals surface area contributed by atoms with Crippen molar-refractivity contribution in [3.63, 3.8) is 0 Å². The van der Waals surface area contributed by atoms with Crippen LogP contribution in [0.4, 0.5) is 4.39 Å². The zero-order valence-corrected chi connectivity index (χ0v) is 14.9. The molecule has 2 N–H and O–H groups in total. The number of ether oxygens (including phenoxy) is 1. The van der Waals surface area contributed by atoms with Gasteiger partial charge in [-0.05, 0) is 42.5 Å². The fourth-order valence-corrected chi connectivity index (χ4v) is 3.89. The molecule has 6 heteroatoms. The van der Waals surface area contributed by atoms with Gasteiger partial charge in [-0.15, -0.1) is 12.4 Å². The molecule has 0 radical (unpaired) electrons. The van der Waals surface area contributed by atoms with E-state index in [9.17, 15) is 4.39 Å². The lowest BCUT2D eigenvalue weighted by Crippen LogP contribution is -2.50. The van der Waals surface area contributed by atoms with E-state index in [0.717, 1.165) is 29.8 Å². The van der Waals surface area contributed by atoms with E-state index in [1.54, 1.807) is 12.1 Å². The van der Waals surface area contributed by atoms with Gasteiger partial charge in [0.1, 0.15) is 5.82 Å². The molecule has 124 valence electrons. The van der Waals surface area contributed by atoms with Crippen molar-refractivity contribution in [2.45, 2.75) is 37.9 Å². The second kappa shape index (κ2) is 8.60. The topological polar surface area (TPSA) is 33.3 Å². The molecule has 3 unspecified atom stereocenters. The first kappa shape index (κ1) is 18.1. The van der Waals surface area contributed by atoms with Crippen LogP contribution in [0.1, 0.15) is 24.8 Å². The molecule has 0 bridgehead atoms. The Morgan fingerprint density at radius 3 is 3.00 bits per heavy atom. The number of hydrogen-bond donors (Lipinski definition) is 2. The maximum atomic E-state index is 13.3. The van der Waals surface area contributed by atoms with Gasteiger partial charge in [-0.1, -0.05) is 22.4 Å². The summed E-state index contributed by atoms with van der Waals surface area (Å²) in [6.07, 6.45) is 3.68. The molecule has 2 aliphatic rings. The minimum Gasteiger partial charge on any atom is -0.379 e. The summed E-state index contributed by atoms with van der Waals surface area (Å²) < 4.78 is 19.9. The van der Waals surface area contributed by atoms with E-state index in [1.165, 1.54) is 25.3 Å². The Labute approximate surface area is 145 Å². The van der Waals surface area contributed by atoms with Gasteiger partial charge in [0.2, 0.25) is 0 Å². The van der Waals surface area contributed by atoms with Crippen LogP contribution in [0, 0.1) is 11.7 Å². The Morgan fingerprint density at radius 1 is 1.36 bits per heavy atom. The lowest BCUT2D eigenvalue weighted by molar-refractivity contribution is 0.0524. The second-order valence-electron chi connectivity index (χ2n) is 5.95. The van der Waals surface area contributed by atoms with Crippen LogP contribution in [-0.2, 0) is 11.3 Å². The molecule has 3 rings (SSSR count). The van der Waals surface area contributed by atoms with Gasteiger partial charge in [0, 0.05) is 29.6 Å². The molecule has 1 heterocycles. The van der Waals surface area contributed by atoms with Crippen LogP contribution in [0.5, 0.6) is 0 Å². The average Bonchev–Trinajstić information content (AvgIpc) is 2.97. The molecule has 1 saturated carbocycles. The number of rotatable bonds is 4. The molecule has 1 aliphatic carbocycles. The van der Waals surface area contributed by atoms with Gasteiger partial charge in [0.15, 0.2) is 0 Å². The summed E-state index contributed by atoms with van der Waals surface area (Å²) in [5.74, 6) is 0.429. The molecule has 1 aromatic rings. The van der Waals surface area contributed by atoms with Gasteiger partial charge in [-0.3, -0.25) is 0 Å². The van der Waals surface area contributed by atoms with Gasteiger partial charge in [0.05, 0.1) is 13.2 Å². The summed E-state index contributed by atoms with van der Waals surface area (Å²) in [6.45, 7) is 3.28. The standard InChI is InChI=1S/C16H22BrFN2O.ClH/c17-14-5-4-12(18)8-11(14)9-20-15-3-1-2-13(15)16-10-21-7-6-19-16;/h4-5,8,13,15-16,19-20H,1-3,6-7,9-10H2;1H. The summed E-state index contributed by atoms with van der Waals surface area (Å²) in [6, 6.07) is 5.79. The lowest BCUT2D eigenvalue weighted by atomic mass is 9.94. The van der Waals surface area contributed by atoms with E-state index >= 15 is 0 Å². The number of morpholine rings is 1. The van der Waals surface area contributed by atoms with Crippen LogP contribution < -0.4 is 10.6 Å². The van der Waals surface area contributed by atoms with Gasteiger partial charge < -0.3 is 15.4 Å². The highest BCUT2D eigenvalue weighted by Crippen LogP contribution is 2.30. The molecule has 0 amide bonds. The first-order chi connectivity index (χ1) is 10.2. The van der Waals surface area contributed by atoms with E-state index in [2.05, 4.69) is 26.6 Å². The maximum Gasteiger partial charge on any atom is 0.123 e. The van der Waals surface area contributed by atoms with Crippen molar-refractivity contribution in [3.05, 3.63) is 34.1 Å². The molecule has 1 aromatic carbocycles. The molecule has 1 aliphatic heterocycles. The van der Waals surface area contributed by atoms with Crippen molar-refractivity contribution in [1.82, 2.24) is 10.6 Å². The molecule has 0 aromatic heterocycles. The first-order valence-corrected chi connectivity index (χ1v) is 8.52. The third kappa shape index (κ3) is 4.42. The van der Waals surface area contributed by atoms with E-state index in [0.29, 0.717) is 24.5 Å². The SMILES string of the molecule is Cl.Fc1ccc(Br)c(CNC2CCCC2C2COCCN2)c1. The Kier molecular flexibility index (Phi) is 7.09. The summed E-state index contributed by atoms with van der Waals surface area (Å²) in [5, 5.41) is 7.20. The highest BCUT2D eigenvalue weighted by atomic mass is 79.9. The van der Waals surface area contributed by atoms with Crippen molar-refractivity contribution >= 4 is 28.3 Å². The van der Waals surface area contributed by atoms with E-state index in [1.807, 2.05) is 0 Å². The van der Waals surface area contributed by atoms with Crippen LogP contribution in [0.3, 0.4) is 0 Å². The van der Waals surface area contributed by atoms with Gasteiger partial charge in [-0.2, -0.15) is 0 Å². The molecule has 3 nitrogen and oxygen atoms in total. The number of hydrogen-bond acceptors (Lipinski definition) is 3. The van der Waals surface area contributed by atoms with Crippen molar-refractivity contribution in [1.29, 1.82) is 0 Å². The summed E-state index contributed by atoms with van der Waals surface area (Å²) in [5.41, 5.74) is 0.980. The van der Waals surface area contributed by atoms with Crippen LogP contribution in [0.15, 0.2) is 22.7 Å². The highest BCUT2D eigenvalue weighted by molar-refractivity contribution is 9.10. The molecule has 1 saturated heterocycles. The Balaban J connectivity index is 0.00000176. The summed E-state index contributed by atoms with van der Waals surface area (Å²) in [7, 11) is 0. The molecule has 0 spiro atoms. The normalized spacial score (nSPS) is 28.4. The van der Waals surface area contributed by atoms with Crippen molar-refractivity contribution < 1.29 is 9.13 Å². The van der Waals surface area contributed by atoms with Crippen LogP contribution in [0.25, 0.3) is 0 Å². The van der Waals surface area contributed by atoms with Crippen molar-refractivity contribution in [2.24, 2.45) is 5.92 Å². The zero-order chi connectivity index (χ0) is 14.7. The summed E-state index contributed by atoms with van der Waals surface area (Å²) in [4.78, 5) is 0. The molecular formula is C16H23BrClFN2O. The number of nitrogens with one attached hydrogen (secondary N) is 2. The molecular weight excluding hydrogens is 371 g/mol. The highest BCUT2D eigenvalue weighted by Gasteiger charge is 2.34. The van der Waals surface area contributed by atoms with Crippen molar-refractivity contribution in [3.8, 4) is 0 Å². The fraction of sp³-hybridized carbons (Fsp3) is 0.625. The van der Waals surface area contributed by atoms with Gasteiger partial charge in [0.25, 0.3) is 0 Å². The zero-order valence-electron chi connectivity index (χ0n) is 12.5. The Hall–Kier alpha value is -0.200. The second-order valence-corrected chi connectivity index (χ2v) is 6.81. The average molecular weight is 394 g/mol. The third-order valence-corrected chi connectivity index (χ3v) is 5.37. The van der Waals surface area contributed by atoms with Crippen LogP contribution in [-0.4, -0.2) is 31.8 Å². The minimum absolute atomic E-state index is 0. The third-order valence-electron chi connectivity index (χ3n) is 4.60. The maximum absolute atomic E-state index is 13.3. The molecule has 3 atom stereocenters. The van der Waals surface area contributed by atoms with Crippen molar-refractivity contribution in [2.75, 3.05) is 19.8 Å². The van der Waals surface area contributed by atoms with E-state index < -0.39 is 0 Å². The Morgan fingerprint density at radius 2 is 2.23 bits per heavy atom. The van der Waals surface area contributed by atoms with E-state index in [4.69, 9.17) is 4.74 Å². The van der Waals surface area contributed by atoms with Gasteiger partial charge in [-0.25, -0.2) is 4.39 Å². The smallest absolute Gasteiger partial charge is 0.123 e. The fourth-order valence-electron chi connectivity index (χ4n) is 3.50. The van der Waals surface area contributed by atoms with Gasteiger partial charge >= 0.3 is 0 Å². The van der Waals surface area contributed by atoms with Crippen LogP contribution in [0.2, 0.25) is 0 Å². The largest absolute Gasteiger partial charge is 0.379 e. The van der Waals surface area contributed by atoms with Crippen LogP contribution >= 0.6 is 28.3 Å². The summed E-state index contributed by atoms with van der Waals surface area (Å²) >= 11 is 3.49. The monoisotopic (exact) mass is 392 g/mol. The minimum atomic E-state index is -0.180. The number of benzene rings is 1. The molecule has 22 heavy (non-hydrogen) atoms. The first-order valence-electron chi connectivity index (χ1n) is 7.72.